The Labute approximate surface area is 163 Å². The molecule has 1 aromatic heterocycles. The molecule has 2 aromatic rings. The number of anilines is 2. The number of rotatable bonds is 6. The first-order valence-electron chi connectivity index (χ1n) is 8.72. The van der Waals surface area contributed by atoms with Crippen LogP contribution in [0.25, 0.3) is 0 Å². The summed E-state index contributed by atoms with van der Waals surface area (Å²) in [6.45, 7) is 1.71. The summed E-state index contributed by atoms with van der Waals surface area (Å²) in [6, 6.07) is 8.04. The average Bonchev–Trinajstić information content (AvgIpc) is 3.00. The van der Waals surface area contributed by atoms with E-state index in [9.17, 15) is 18.8 Å². The van der Waals surface area contributed by atoms with Crippen LogP contribution in [0.15, 0.2) is 35.4 Å². The third kappa shape index (κ3) is 4.22. The van der Waals surface area contributed by atoms with Crippen LogP contribution in [-0.4, -0.2) is 42.2 Å². The Hall–Kier alpha value is -2.74. The number of ether oxygens (including phenoxy) is 1. The van der Waals surface area contributed by atoms with Gasteiger partial charge in [-0.25, -0.2) is 18.1 Å². The van der Waals surface area contributed by atoms with Gasteiger partial charge in [0.25, 0.3) is 0 Å². The fraction of sp³-hybridized carbons (Fsp3) is 0.389. The van der Waals surface area contributed by atoms with Crippen LogP contribution in [0.1, 0.15) is 31.7 Å². The number of nitriles is 1. The van der Waals surface area contributed by atoms with Crippen molar-refractivity contribution in [3.63, 3.8) is 0 Å². The first-order chi connectivity index (χ1) is 13.2. The second kappa shape index (κ2) is 7.71. The fourth-order valence-corrected chi connectivity index (χ4v) is 3.73. The van der Waals surface area contributed by atoms with E-state index in [1.54, 1.807) is 19.1 Å². The van der Waals surface area contributed by atoms with E-state index in [4.69, 9.17) is 4.74 Å². The van der Waals surface area contributed by atoms with Crippen molar-refractivity contribution in [3.05, 3.63) is 36.0 Å². The van der Waals surface area contributed by atoms with Gasteiger partial charge in [-0.05, 0) is 57.5 Å². The van der Waals surface area contributed by atoms with E-state index < -0.39 is 21.7 Å². The van der Waals surface area contributed by atoms with E-state index in [0.717, 1.165) is 6.42 Å². The van der Waals surface area contributed by atoms with E-state index in [-0.39, 0.29) is 22.3 Å². The fourth-order valence-electron chi connectivity index (χ4n) is 3.00. The van der Waals surface area contributed by atoms with Crippen molar-refractivity contribution in [2.75, 3.05) is 12.4 Å². The van der Waals surface area contributed by atoms with Crippen molar-refractivity contribution >= 4 is 21.7 Å². The number of aliphatic hydroxyl groups is 1. The molecule has 1 heterocycles. The number of benzene rings is 1. The summed E-state index contributed by atoms with van der Waals surface area (Å²) < 4.78 is 31.6. The largest absolute Gasteiger partial charge is 0.470 e. The van der Waals surface area contributed by atoms with Gasteiger partial charge < -0.3 is 15.2 Å². The first-order valence-corrected chi connectivity index (χ1v) is 10.2. The first kappa shape index (κ1) is 20.0. The zero-order valence-electron chi connectivity index (χ0n) is 15.5. The molecule has 9 nitrogen and oxygen atoms in total. The molecule has 1 aliphatic rings. The number of aromatic nitrogens is 2. The van der Waals surface area contributed by atoms with Gasteiger partial charge in [0.2, 0.25) is 21.9 Å². The average molecular weight is 403 g/mol. The van der Waals surface area contributed by atoms with Crippen LogP contribution in [0.2, 0.25) is 0 Å². The zero-order chi connectivity index (χ0) is 20.4. The normalized spacial score (nSPS) is 21.9. The Bertz CT molecular complexity index is 1000. The molecule has 2 unspecified atom stereocenters. The highest BCUT2D eigenvalue weighted by Crippen LogP contribution is 2.33. The van der Waals surface area contributed by atoms with E-state index >= 15 is 0 Å². The molecule has 28 heavy (non-hydrogen) atoms. The van der Waals surface area contributed by atoms with E-state index in [0.29, 0.717) is 18.5 Å². The number of nitrogens with zero attached hydrogens (tertiary/aromatic N) is 3. The molecule has 0 saturated heterocycles. The Morgan fingerprint density at radius 2 is 2.07 bits per heavy atom. The lowest BCUT2D eigenvalue weighted by atomic mass is 10.0. The van der Waals surface area contributed by atoms with Crippen LogP contribution in [0.3, 0.4) is 0 Å². The van der Waals surface area contributed by atoms with Gasteiger partial charge in [0, 0.05) is 5.69 Å². The van der Waals surface area contributed by atoms with E-state index in [1.165, 1.54) is 25.4 Å². The molecule has 0 amide bonds. The Morgan fingerprint density at radius 3 is 2.64 bits per heavy atom. The predicted octanol–water partition coefficient (Wildman–Crippen LogP) is 1.68. The van der Waals surface area contributed by atoms with Gasteiger partial charge in [0.15, 0.2) is 0 Å². The minimum atomic E-state index is -3.52. The van der Waals surface area contributed by atoms with E-state index in [2.05, 4.69) is 20.0 Å². The van der Waals surface area contributed by atoms with Gasteiger partial charge in [-0.3, -0.25) is 0 Å². The number of hydrogen-bond acceptors (Lipinski definition) is 8. The van der Waals surface area contributed by atoms with Crippen LogP contribution in [0.5, 0.6) is 5.88 Å². The maximum atomic E-state index is 11.8. The number of sulfonamides is 1. The van der Waals surface area contributed by atoms with Gasteiger partial charge in [0.1, 0.15) is 17.7 Å². The molecular formula is C18H21N5O4S. The monoisotopic (exact) mass is 403 g/mol. The molecular weight excluding hydrogens is 382 g/mol. The van der Waals surface area contributed by atoms with Crippen molar-refractivity contribution < 1.29 is 18.3 Å². The van der Waals surface area contributed by atoms with Gasteiger partial charge in [-0.1, -0.05) is 0 Å². The smallest absolute Gasteiger partial charge is 0.240 e. The molecule has 148 valence electrons. The predicted molar refractivity (Wildman–Crippen MR) is 102 cm³/mol. The summed E-state index contributed by atoms with van der Waals surface area (Å²) in [4.78, 5) is 8.47. The second-order valence-corrected chi connectivity index (χ2v) is 8.62. The molecule has 0 spiro atoms. The van der Waals surface area contributed by atoms with Crippen molar-refractivity contribution in [1.82, 2.24) is 14.7 Å². The quantitative estimate of drug-likeness (QED) is 0.662. The van der Waals surface area contributed by atoms with Gasteiger partial charge in [0.05, 0.1) is 16.7 Å². The van der Waals surface area contributed by atoms with Gasteiger partial charge in [-0.2, -0.15) is 10.2 Å². The molecule has 1 fully saturated rings. The lowest BCUT2D eigenvalue weighted by molar-refractivity contribution is -0.0271. The summed E-state index contributed by atoms with van der Waals surface area (Å²) in [6.07, 6.45) is 3.02. The number of hydrogen-bond donors (Lipinski definition) is 3. The third-order valence-corrected chi connectivity index (χ3v) is 6.09. The standard InChI is InChI=1S/C18H21N5O4S/c1-18(24)9-3-4-15(18)27-16-12(10-19)11-21-17(23-16)22-13-5-7-14(8-6-13)28(25,26)20-2/h5-8,11,15,20,24H,3-4,9H2,1-2H3,(H,21,22,23). The highest BCUT2D eigenvalue weighted by Gasteiger charge is 2.39. The molecule has 0 radical (unpaired) electrons. The van der Waals surface area contributed by atoms with Crippen molar-refractivity contribution in [2.45, 2.75) is 42.8 Å². The number of nitrogens with one attached hydrogen (secondary N) is 2. The highest BCUT2D eigenvalue weighted by molar-refractivity contribution is 7.89. The maximum absolute atomic E-state index is 11.8. The molecule has 0 aliphatic heterocycles. The highest BCUT2D eigenvalue weighted by atomic mass is 32.2. The molecule has 0 bridgehead atoms. The summed E-state index contributed by atoms with van der Waals surface area (Å²) in [5, 5.41) is 22.6. The van der Waals surface area contributed by atoms with Crippen LogP contribution >= 0.6 is 0 Å². The van der Waals surface area contributed by atoms with Crippen LogP contribution in [0.4, 0.5) is 11.6 Å². The Kier molecular flexibility index (Phi) is 5.51. The van der Waals surface area contributed by atoms with Crippen molar-refractivity contribution in [2.24, 2.45) is 0 Å². The topological polar surface area (TPSA) is 137 Å². The molecule has 1 aliphatic carbocycles. The molecule has 10 heteroatoms. The lowest BCUT2D eigenvalue weighted by Gasteiger charge is -2.26. The SMILES string of the molecule is CNS(=O)(=O)c1ccc(Nc2ncc(C#N)c(OC3CCCC3(C)O)n2)cc1. The van der Waals surface area contributed by atoms with Gasteiger partial charge in [-0.15, -0.1) is 0 Å². The minimum absolute atomic E-state index is 0.0987. The molecule has 1 saturated carbocycles. The molecule has 3 rings (SSSR count). The summed E-state index contributed by atoms with van der Waals surface area (Å²) in [7, 11) is -2.17. The van der Waals surface area contributed by atoms with Crippen LogP contribution in [0, 0.1) is 11.3 Å². The lowest BCUT2D eigenvalue weighted by Crippen LogP contribution is -2.38. The Balaban J connectivity index is 1.81. The summed E-state index contributed by atoms with van der Waals surface area (Å²) in [5.41, 5.74) is -0.234. The van der Waals surface area contributed by atoms with Crippen LogP contribution in [-0.2, 0) is 10.0 Å². The second-order valence-electron chi connectivity index (χ2n) is 6.74. The minimum Gasteiger partial charge on any atom is -0.470 e. The van der Waals surface area contributed by atoms with Crippen molar-refractivity contribution in [1.29, 1.82) is 5.26 Å². The third-order valence-electron chi connectivity index (χ3n) is 4.66. The molecule has 3 N–H and O–H groups in total. The van der Waals surface area contributed by atoms with Crippen LogP contribution < -0.4 is 14.8 Å². The Morgan fingerprint density at radius 1 is 1.36 bits per heavy atom. The molecule has 1 aromatic carbocycles. The van der Waals surface area contributed by atoms with Crippen molar-refractivity contribution in [3.8, 4) is 11.9 Å². The maximum Gasteiger partial charge on any atom is 0.240 e. The summed E-state index contributed by atoms with van der Waals surface area (Å²) in [5.74, 6) is 0.289. The van der Waals surface area contributed by atoms with E-state index in [1.807, 2.05) is 6.07 Å². The summed E-state index contributed by atoms with van der Waals surface area (Å²) >= 11 is 0. The zero-order valence-corrected chi connectivity index (χ0v) is 16.3. The molecule has 2 atom stereocenters. The van der Waals surface area contributed by atoms with Gasteiger partial charge >= 0.3 is 0 Å².